The van der Waals surface area contributed by atoms with Crippen molar-refractivity contribution in [2.75, 3.05) is 21.2 Å². The number of hydrogen-bond acceptors (Lipinski definition) is 4. The van der Waals surface area contributed by atoms with Gasteiger partial charge in [0.15, 0.2) is 0 Å². The number of ether oxygens (including phenoxy) is 1. The Morgan fingerprint density at radius 1 is 1.36 bits per heavy atom. The van der Waals surface area contributed by atoms with E-state index in [9.17, 15) is 13.2 Å². The van der Waals surface area contributed by atoms with Crippen molar-refractivity contribution in [2.24, 2.45) is 0 Å². The summed E-state index contributed by atoms with van der Waals surface area (Å²) in [5, 5.41) is 0.689. The average molecular weight is 454 g/mol. The van der Waals surface area contributed by atoms with Crippen molar-refractivity contribution in [3.05, 3.63) is 17.5 Å². The summed E-state index contributed by atoms with van der Waals surface area (Å²) in [5.41, 5.74) is 0.601. The first-order valence-corrected chi connectivity index (χ1v) is 12.3. The molecule has 0 atom stereocenters. The van der Waals surface area contributed by atoms with Crippen LogP contribution in [0, 0.1) is 9.85 Å². The lowest BCUT2D eigenvalue weighted by atomic mass is 10.3. The second-order valence-electron chi connectivity index (χ2n) is 5.81. The maximum absolute atomic E-state index is 12.5. The number of rotatable bonds is 4. The number of halogens is 1. The van der Waals surface area contributed by atoms with Crippen molar-refractivity contribution in [3.8, 4) is 9.85 Å². The zero-order valence-electron chi connectivity index (χ0n) is 13.4. The molecule has 0 radical (unpaired) electrons. The van der Waals surface area contributed by atoms with Gasteiger partial charge in [-0.2, -0.15) is 12.7 Å². The molecule has 0 unspecified atom stereocenters. The van der Waals surface area contributed by atoms with Crippen LogP contribution >= 0.6 is 22.6 Å². The molecular weight excluding hydrogens is 435 g/mol. The van der Waals surface area contributed by atoms with E-state index < -0.39 is 24.3 Å². The molecule has 1 heterocycles. The molecule has 1 aromatic heterocycles. The Hall–Kier alpha value is -0.833. The molecule has 1 rings (SSSR count). The summed E-state index contributed by atoms with van der Waals surface area (Å²) in [6.45, 7) is 6.08. The topological polar surface area (TPSA) is 68.6 Å². The fourth-order valence-corrected chi connectivity index (χ4v) is 5.26. The summed E-state index contributed by atoms with van der Waals surface area (Å²) < 4.78 is 34.6. The van der Waals surface area contributed by atoms with Crippen LogP contribution in [0.4, 0.5) is 0 Å². The Morgan fingerprint density at radius 2 is 1.91 bits per heavy atom. The summed E-state index contributed by atoms with van der Waals surface area (Å²) in [4.78, 5) is 12.2. The van der Waals surface area contributed by atoms with Gasteiger partial charge < -0.3 is 4.74 Å². The lowest BCUT2D eigenvalue weighted by molar-refractivity contribution is 0.0594. The molecule has 6 nitrogen and oxygen atoms in total. The standard InChI is InChI=1S/C13H19IN2O4SSi/c1-15(2)21(18,19)16-9-10(7-8-14)12(22(4,5)6)11(16)13(17)20-3/h9H,1-6H3. The van der Waals surface area contributed by atoms with Crippen LogP contribution in [0.5, 0.6) is 0 Å². The SMILES string of the molecule is COC(=O)c1c([Si](C)(C)C)c(C#CI)cn1S(=O)(=O)N(C)C. The van der Waals surface area contributed by atoms with Crippen LogP contribution in [0.15, 0.2) is 6.20 Å². The number of methoxy groups -OCH3 is 1. The number of carbonyl (C=O) groups excluding carboxylic acids is 1. The number of nitrogens with zero attached hydrogens (tertiary/aromatic N) is 2. The largest absolute Gasteiger partial charge is 0.464 e. The summed E-state index contributed by atoms with van der Waals surface area (Å²) in [5.74, 6) is 2.22. The van der Waals surface area contributed by atoms with Crippen molar-refractivity contribution in [1.82, 2.24) is 8.28 Å². The van der Waals surface area contributed by atoms with Gasteiger partial charge in [-0.1, -0.05) is 25.6 Å². The fraction of sp³-hybridized carbons (Fsp3) is 0.462. The van der Waals surface area contributed by atoms with Gasteiger partial charge >= 0.3 is 16.2 Å². The van der Waals surface area contributed by atoms with E-state index in [1.165, 1.54) is 27.4 Å². The summed E-state index contributed by atoms with van der Waals surface area (Å²) in [6, 6.07) is 0. The molecule has 0 saturated heterocycles. The molecule has 22 heavy (non-hydrogen) atoms. The normalized spacial score (nSPS) is 12.0. The third-order valence-electron chi connectivity index (χ3n) is 2.99. The van der Waals surface area contributed by atoms with Crippen LogP contribution in [-0.2, 0) is 14.9 Å². The Morgan fingerprint density at radius 3 is 2.27 bits per heavy atom. The second kappa shape index (κ2) is 6.73. The zero-order chi connectivity index (χ0) is 17.3. The molecule has 9 heteroatoms. The van der Waals surface area contributed by atoms with Gasteiger partial charge in [0.25, 0.3) is 0 Å². The third kappa shape index (κ3) is 3.56. The van der Waals surface area contributed by atoms with Crippen molar-refractivity contribution in [2.45, 2.75) is 19.6 Å². The van der Waals surface area contributed by atoms with Gasteiger partial charge in [0.05, 0.1) is 15.2 Å². The Balaban J connectivity index is 3.94. The monoisotopic (exact) mass is 454 g/mol. The number of aromatic nitrogens is 1. The fourth-order valence-electron chi connectivity index (χ4n) is 2.04. The first-order chi connectivity index (χ1) is 9.98. The quantitative estimate of drug-likeness (QED) is 0.297. The van der Waals surface area contributed by atoms with Crippen LogP contribution in [0.3, 0.4) is 0 Å². The van der Waals surface area contributed by atoms with E-state index in [-0.39, 0.29) is 5.69 Å². The minimum atomic E-state index is -3.84. The number of carbonyl (C=O) groups is 1. The highest BCUT2D eigenvalue weighted by molar-refractivity contribution is 14.1. The molecule has 0 bridgehead atoms. The zero-order valence-corrected chi connectivity index (χ0v) is 17.4. The second-order valence-corrected chi connectivity index (χ2v) is 13.4. The van der Waals surface area contributed by atoms with Crippen molar-refractivity contribution in [3.63, 3.8) is 0 Å². The predicted molar refractivity (Wildman–Crippen MR) is 97.7 cm³/mol. The Bertz CT molecular complexity index is 751. The van der Waals surface area contributed by atoms with E-state index in [1.807, 2.05) is 42.2 Å². The highest BCUT2D eigenvalue weighted by Gasteiger charge is 2.35. The van der Waals surface area contributed by atoms with Gasteiger partial charge in [-0.15, -0.1) is 0 Å². The van der Waals surface area contributed by atoms with Gasteiger partial charge in [-0.05, 0) is 9.11 Å². The molecule has 0 aliphatic carbocycles. The number of esters is 1. The van der Waals surface area contributed by atoms with E-state index in [4.69, 9.17) is 4.74 Å². The minimum absolute atomic E-state index is 0.0458. The molecule has 1 aromatic rings. The van der Waals surface area contributed by atoms with Crippen molar-refractivity contribution in [1.29, 1.82) is 0 Å². The lowest BCUT2D eigenvalue weighted by Gasteiger charge is -2.19. The summed E-state index contributed by atoms with van der Waals surface area (Å²) in [7, 11) is -1.83. The molecule has 0 amide bonds. The molecule has 0 N–H and O–H groups in total. The summed E-state index contributed by atoms with van der Waals surface area (Å²) >= 11 is 1.89. The van der Waals surface area contributed by atoms with Gasteiger partial charge in [0.1, 0.15) is 5.69 Å². The van der Waals surface area contributed by atoms with Gasteiger partial charge in [0.2, 0.25) is 0 Å². The Labute approximate surface area is 146 Å². The van der Waals surface area contributed by atoms with Crippen LogP contribution < -0.4 is 5.19 Å². The van der Waals surface area contributed by atoms with Gasteiger partial charge in [-0.25, -0.2) is 8.77 Å². The molecule has 0 spiro atoms. The minimum Gasteiger partial charge on any atom is -0.464 e. The molecule has 0 aliphatic heterocycles. The van der Waals surface area contributed by atoms with E-state index >= 15 is 0 Å². The maximum Gasteiger partial charge on any atom is 0.355 e. The Kier molecular flexibility index (Phi) is 5.88. The van der Waals surface area contributed by atoms with Gasteiger partial charge in [0, 0.05) is 48.4 Å². The third-order valence-corrected chi connectivity index (χ3v) is 6.98. The maximum atomic E-state index is 12.5. The van der Waals surface area contributed by atoms with E-state index in [0.29, 0.717) is 10.8 Å². The molecule has 0 fully saturated rings. The molecule has 0 saturated carbocycles. The molecule has 0 aliphatic rings. The molecular formula is C13H19IN2O4SSi. The average Bonchev–Trinajstić information content (AvgIpc) is 2.78. The molecule has 122 valence electrons. The van der Waals surface area contributed by atoms with E-state index in [0.717, 1.165) is 8.28 Å². The van der Waals surface area contributed by atoms with Crippen molar-refractivity contribution >= 4 is 52.0 Å². The number of hydrogen-bond donors (Lipinski definition) is 0. The molecule has 0 aromatic carbocycles. The van der Waals surface area contributed by atoms with Crippen LogP contribution in [0.25, 0.3) is 0 Å². The first kappa shape index (κ1) is 19.2. The van der Waals surface area contributed by atoms with Gasteiger partial charge in [-0.3, -0.25) is 0 Å². The smallest absolute Gasteiger partial charge is 0.355 e. The predicted octanol–water partition coefficient (Wildman–Crippen LogP) is 1.22. The van der Waals surface area contributed by atoms with E-state index in [1.54, 1.807) is 0 Å². The highest BCUT2D eigenvalue weighted by atomic mass is 127. The lowest BCUT2D eigenvalue weighted by Crippen LogP contribution is -2.44. The van der Waals surface area contributed by atoms with Crippen molar-refractivity contribution < 1.29 is 17.9 Å². The van der Waals surface area contributed by atoms with Crippen LogP contribution in [-0.4, -0.2) is 51.9 Å². The first-order valence-electron chi connectivity index (χ1n) is 6.37. The summed E-state index contributed by atoms with van der Waals surface area (Å²) in [6.07, 6.45) is 1.40. The van der Waals surface area contributed by atoms with Crippen LogP contribution in [0.2, 0.25) is 19.6 Å². The highest BCUT2D eigenvalue weighted by Crippen LogP contribution is 2.18. The van der Waals surface area contributed by atoms with Crippen LogP contribution in [0.1, 0.15) is 16.1 Å². The van der Waals surface area contributed by atoms with E-state index in [2.05, 4.69) is 9.85 Å².